The van der Waals surface area contributed by atoms with Crippen LogP contribution in [-0.4, -0.2) is 60.3 Å². The first kappa shape index (κ1) is 24.5. The molecule has 0 saturated heterocycles. The van der Waals surface area contributed by atoms with Gasteiger partial charge < -0.3 is 29.4 Å². The summed E-state index contributed by atoms with van der Waals surface area (Å²) in [7, 11) is 0. The average Bonchev–Trinajstić information content (AvgIpc) is 2.87. The minimum Gasteiger partial charge on any atom is -0.490 e. The van der Waals surface area contributed by atoms with E-state index in [1.54, 1.807) is 23.9 Å². The molecular weight excluding hydrogens is 470 g/mol. The molecule has 1 aliphatic rings. The van der Waals surface area contributed by atoms with Gasteiger partial charge in [-0.2, -0.15) is 0 Å². The topological polar surface area (TPSA) is 112 Å². The molecule has 10 heteroatoms. The quantitative estimate of drug-likeness (QED) is 0.375. The Bertz CT molecular complexity index is 1190. The number of aromatic nitrogens is 2. The Morgan fingerprint density at radius 2 is 1.89 bits per heavy atom. The lowest BCUT2D eigenvalue weighted by atomic mass is 10.1. The Kier molecular flexibility index (Phi) is 8.15. The van der Waals surface area contributed by atoms with Crippen LogP contribution in [0.1, 0.15) is 12.5 Å². The number of fused-ring (bicyclic) bond motifs is 1. The molecule has 0 saturated carbocycles. The summed E-state index contributed by atoms with van der Waals surface area (Å²) in [6.45, 7) is 3.64. The SMILES string of the molecule is CCOc1cc(-c2cc(NCCc3cc4c(cc3SC)OCCO4)ncn2)ccc1OCC(=O)O. The van der Waals surface area contributed by atoms with E-state index in [9.17, 15) is 4.79 Å². The number of carboxylic acid groups (broad SMARTS) is 1. The Morgan fingerprint density at radius 1 is 1.09 bits per heavy atom. The molecule has 0 amide bonds. The summed E-state index contributed by atoms with van der Waals surface area (Å²) in [6.07, 6.45) is 4.34. The van der Waals surface area contributed by atoms with Gasteiger partial charge in [-0.3, -0.25) is 0 Å². The monoisotopic (exact) mass is 497 g/mol. The number of hydrogen-bond acceptors (Lipinski definition) is 9. The van der Waals surface area contributed by atoms with Gasteiger partial charge in [-0.15, -0.1) is 11.8 Å². The number of nitrogens with one attached hydrogen (secondary N) is 1. The summed E-state index contributed by atoms with van der Waals surface area (Å²) in [5, 5.41) is 12.2. The second-order valence-corrected chi connectivity index (χ2v) is 8.40. The smallest absolute Gasteiger partial charge is 0.341 e. The van der Waals surface area contributed by atoms with Gasteiger partial charge in [0.15, 0.2) is 29.6 Å². The molecule has 0 radical (unpaired) electrons. The molecule has 9 nitrogen and oxygen atoms in total. The third kappa shape index (κ3) is 6.27. The molecule has 35 heavy (non-hydrogen) atoms. The van der Waals surface area contributed by atoms with Gasteiger partial charge >= 0.3 is 5.97 Å². The normalized spacial score (nSPS) is 12.2. The largest absolute Gasteiger partial charge is 0.490 e. The average molecular weight is 498 g/mol. The zero-order chi connectivity index (χ0) is 24.6. The Morgan fingerprint density at radius 3 is 2.63 bits per heavy atom. The van der Waals surface area contributed by atoms with Crippen LogP contribution in [0.4, 0.5) is 5.82 Å². The van der Waals surface area contributed by atoms with Gasteiger partial charge in [-0.05, 0) is 55.5 Å². The highest BCUT2D eigenvalue weighted by Gasteiger charge is 2.16. The van der Waals surface area contributed by atoms with E-state index in [1.165, 1.54) is 11.9 Å². The third-order valence-electron chi connectivity index (χ3n) is 5.20. The van der Waals surface area contributed by atoms with Crippen molar-refractivity contribution in [3.05, 3.63) is 48.3 Å². The van der Waals surface area contributed by atoms with E-state index in [0.717, 1.165) is 28.4 Å². The van der Waals surface area contributed by atoms with Crippen molar-refractivity contribution in [2.24, 2.45) is 0 Å². The van der Waals surface area contributed by atoms with Crippen molar-refractivity contribution in [1.82, 2.24) is 9.97 Å². The molecule has 0 aliphatic carbocycles. The Hall–Kier alpha value is -3.66. The van der Waals surface area contributed by atoms with Gasteiger partial charge in [0.05, 0.1) is 12.3 Å². The maximum absolute atomic E-state index is 10.8. The number of carbonyl (C=O) groups is 1. The van der Waals surface area contributed by atoms with Gasteiger partial charge in [0.1, 0.15) is 25.4 Å². The summed E-state index contributed by atoms with van der Waals surface area (Å²) in [5.74, 6) is 2.06. The summed E-state index contributed by atoms with van der Waals surface area (Å²) in [5.41, 5.74) is 2.69. The number of rotatable bonds is 11. The van der Waals surface area contributed by atoms with Crippen LogP contribution in [0.3, 0.4) is 0 Å². The predicted octanol–water partition coefficient (Wildman–Crippen LogP) is 4.15. The maximum atomic E-state index is 10.8. The van der Waals surface area contributed by atoms with Crippen LogP contribution in [-0.2, 0) is 11.2 Å². The molecule has 0 atom stereocenters. The Labute approximate surface area is 207 Å². The maximum Gasteiger partial charge on any atom is 0.341 e. The van der Waals surface area contributed by atoms with Crippen molar-refractivity contribution in [3.63, 3.8) is 0 Å². The summed E-state index contributed by atoms with van der Waals surface area (Å²) >= 11 is 1.68. The highest BCUT2D eigenvalue weighted by atomic mass is 32.2. The molecule has 2 heterocycles. The van der Waals surface area contributed by atoms with Crippen LogP contribution in [0.2, 0.25) is 0 Å². The van der Waals surface area contributed by atoms with Gasteiger partial charge in [0.2, 0.25) is 0 Å². The molecule has 184 valence electrons. The Balaban J connectivity index is 1.45. The standard InChI is InChI=1S/C25H27N3O6S/c1-3-31-20-10-16(4-5-19(20)34-14-25(29)30)18-12-24(28-15-27-18)26-7-6-17-11-21-22(13-23(17)35-2)33-9-8-32-21/h4-5,10-13,15H,3,6-9,14H2,1-2H3,(H,29,30)(H,26,27,28). The molecule has 0 unspecified atom stereocenters. The van der Waals surface area contributed by atoms with Crippen molar-refractivity contribution in [2.45, 2.75) is 18.2 Å². The fourth-order valence-electron chi connectivity index (χ4n) is 3.63. The second-order valence-electron chi connectivity index (χ2n) is 7.55. The highest BCUT2D eigenvalue weighted by molar-refractivity contribution is 7.98. The molecule has 3 aromatic rings. The first-order chi connectivity index (χ1) is 17.1. The molecule has 0 fully saturated rings. The molecule has 4 rings (SSSR count). The number of thioether (sulfide) groups is 1. The minimum absolute atomic E-state index is 0.370. The van der Waals surface area contributed by atoms with Gasteiger partial charge in [-0.25, -0.2) is 14.8 Å². The van der Waals surface area contributed by atoms with Crippen LogP contribution in [0.25, 0.3) is 11.3 Å². The number of anilines is 1. The molecule has 0 bridgehead atoms. The summed E-state index contributed by atoms with van der Waals surface area (Å²) < 4.78 is 22.4. The zero-order valence-electron chi connectivity index (χ0n) is 19.6. The van der Waals surface area contributed by atoms with Gasteiger partial charge in [-0.1, -0.05) is 0 Å². The van der Waals surface area contributed by atoms with Crippen molar-refractivity contribution in [2.75, 3.05) is 44.5 Å². The number of nitrogens with zero attached hydrogens (tertiary/aromatic N) is 2. The first-order valence-corrected chi connectivity index (χ1v) is 12.4. The fraction of sp³-hybridized carbons (Fsp3) is 0.320. The van der Waals surface area contributed by atoms with E-state index in [0.29, 0.717) is 49.4 Å². The lowest BCUT2D eigenvalue weighted by molar-refractivity contribution is -0.139. The van der Waals surface area contributed by atoms with Gasteiger partial charge in [0.25, 0.3) is 0 Å². The van der Waals surface area contributed by atoms with Crippen molar-refractivity contribution in [3.8, 4) is 34.3 Å². The van der Waals surface area contributed by atoms with Crippen LogP contribution in [0.15, 0.2) is 47.6 Å². The second kappa shape index (κ2) is 11.7. The van der Waals surface area contributed by atoms with Crippen LogP contribution in [0, 0.1) is 0 Å². The van der Waals surface area contributed by atoms with E-state index in [2.05, 4.69) is 21.4 Å². The van der Waals surface area contributed by atoms with E-state index in [-0.39, 0.29) is 0 Å². The van der Waals surface area contributed by atoms with E-state index in [1.807, 2.05) is 31.4 Å². The molecule has 1 aromatic heterocycles. The number of aliphatic carboxylic acids is 1. The zero-order valence-corrected chi connectivity index (χ0v) is 20.4. The number of ether oxygens (including phenoxy) is 4. The van der Waals surface area contributed by atoms with Crippen LogP contribution in [0.5, 0.6) is 23.0 Å². The fourth-order valence-corrected chi connectivity index (χ4v) is 4.28. The number of carboxylic acids is 1. The highest BCUT2D eigenvalue weighted by Crippen LogP contribution is 2.37. The molecule has 2 aromatic carbocycles. The predicted molar refractivity (Wildman–Crippen MR) is 133 cm³/mol. The van der Waals surface area contributed by atoms with Crippen molar-refractivity contribution in [1.29, 1.82) is 0 Å². The minimum atomic E-state index is -1.05. The van der Waals surface area contributed by atoms with E-state index >= 15 is 0 Å². The van der Waals surface area contributed by atoms with Crippen molar-refractivity contribution >= 4 is 23.5 Å². The summed E-state index contributed by atoms with van der Waals surface area (Å²) in [6, 6.07) is 11.2. The molecule has 1 aliphatic heterocycles. The molecule has 0 spiro atoms. The number of benzene rings is 2. The number of hydrogen-bond donors (Lipinski definition) is 2. The lowest BCUT2D eigenvalue weighted by Gasteiger charge is -2.21. The van der Waals surface area contributed by atoms with Crippen LogP contribution >= 0.6 is 11.8 Å². The summed E-state index contributed by atoms with van der Waals surface area (Å²) in [4.78, 5) is 20.7. The first-order valence-electron chi connectivity index (χ1n) is 11.2. The van der Waals surface area contributed by atoms with E-state index in [4.69, 9.17) is 24.1 Å². The van der Waals surface area contributed by atoms with Gasteiger partial charge in [0, 0.05) is 23.1 Å². The third-order valence-corrected chi connectivity index (χ3v) is 6.02. The molecular formula is C25H27N3O6S. The van der Waals surface area contributed by atoms with Crippen molar-refractivity contribution < 1.29 is 28.8 Å². The lowest BCUT2D eigenvalue weighted by Crippen LogP contribution is -2.16. The van der Waals surface area contributed by atoms with E-state index < -0.39 is 12.6 Å². The molecule has 2 N–H and O–H groups in total. The van der Waals surface area contributed by atoms with Crippen LogP contribution < -0.4 is 24.3 Å².